The molecule has 1 aliphatic heterocycles. The highest BCUT2D eigenvalue weighted by Crippen LogP contribution is 2.15. The lowest BCUT2D eigenvalue weighted by atomic mass is 10.1. The summed E-state index contributed by atoms with van der Waals surface area (Å²) in [5.74, 6) is 0.890. The van der Waals surface area contributed by atoms with Crippen molar-refractivity contribution in [1.82, 2.24) is 10.2 Å². The fraction of sp³-hybridized carbons (Fsp3) is 0.333. The van der Waals surface area contributed by atoms with Gasteiger partial charge in [0, 0.05) is 19.5 Å². The molecular weight excluding hydrogens is 328 g/mol. The molecule has 2 aromatic carbocycles. The summed E-state index contributed by atoms with van der Waals surface area (Å²) in [6.07, 6.45) is 1.51. The van der Waals surface area contributed by atoms with Crippen LogP contribution in [-0.4, -0.2) is 43.0 Å². The minimum Gasteiger partial charge on any atom is -0.497 e. The predicted octanol–water partition coefficient (Wildman–Crippen LogP) is 2.20. The molecule has 1 N–H and O–H groups in total. The van der Waals surface area contributed by atoms with E-state index in [2.05, 4.69) is 5.32 Å². The molecule has 0 bridgehead atoms. The van der Waals surface area contributed by atoms with Gasteiger partial charge in [0.15, 0.2) is 0 Å². The molecule has 1 heterocycles. The second kappa shape index (κ2) is 8.52. The largest absolute Gasteiger partial charge is 0.497 e. The van der Waals surface area contributed by atoms with Crippen molar-refractivity contribution < 1.29 is 14.3 Å². The van der Waals surface area contributed by atoms with E-state index in [1.807, 2.05) is 59.5 Å². The molecule has 0 saturated carbocycles. The van der Waals surface area contributed by atoms with Gasteiger partial charge in [0.1, 0.15) is 5.75 Å². The lowest BCUT2D eigenvalue weighted by Crippen LogP contribution is -2.38. The molecule has 5 nitrogen and oxygen atoms in total. The second-order valence-corrected chi connectivity index (χ2v) is 6.57. The molecule has 26 heavy (non-hydrogen) atoms. The van der Waals surface area contributed by atoms with Gasteiger partial charge in [-0.2, -0.15) is 0 Å². The molecule has 0 spiro atoms. The van der Waals surface area contributed by atoms with Crippen LogP contribution in [0.3, 0.4) is 0 Å². The lowest BCUT2D eigenvalue weighted by molar-refractivity contribution is -0.127. The molecule has 5 heteroatoms. The first-order chi connectivity index (χ1) is 12.6. The Kier molecular flexibility index (Phi) is 5.89. The Balaban J connectivity index is 1.46. The first-order valence-corrected chi connectivity index (χ1v) is 8.88. The van der Waals surface area contributed by atoms with E-state index in [9.17, 15) is 9.59 Å². The normalized spacial score (nSPS) is 16.6. The van der Waals surface area contributed by atoms with Crippen LogP contribution in [0.15, 0.2) is 54.6 Å². The van der Waals surface area contributed by atoms with E-state index in [4.69, 9.17) is 4.74 Å². The van der Waals surface area contributed by atoms with Crippen LogP contribution in [0, 0.1) is 0 Å². The van der Waals surface area contributed by atoms with Crippen molar-refractivity contribution in [3.8, 4) is 5.75 Å². The summed E-state index contributed by atoms with van der Waals surface area (Å²) in [6, 6.07) is 17.4. The Hall–Kier alpha value is -2.82. The van der Waals surface area contributed by atoms with E-state index in [1.54, 1.807) is 7.11 Å². The van der Waals surface area contributed by atoms with Crippen LogP contribution in [0.2, 0.25) is 0 Å². The van der Waals surface area contributed by atoms with Crippen molar-refractivity contribution in [2.45, 2.75) is 25.3 Å². The predicted molar refractivity (Wildman–Crippen MR) is 100.0 cm³/mol. The van der Waals surface area contributed by atoms with Crippen molar-refractivity contribution in [3.05, 3.63) is 65.7 Å². The summed E-state index contributed by atoms with van der Waals surface area (Å²) in [6.45, 7) is 1.24. The smallest absolute Gasteiger partial charge is 0.224 e. The number of likely N-dealkylation sites (tertiary alicyclic amines) is 1. The number of carbonyl (C=O) groups is 2. The first kappa shape index (κ1) is 18.0. The topological polar surface area (TPSA) is 58.6 Å². The summed E-state index contributed by atoms with van der Waals surface area (Å²) >= 11 is 0. The fourth-order valence-corrected chi connectivity index (χ4v) is 3.20. The van der Waals surface area contributed by atoms with Crippen LogP contribution < -0.4 is 10.1 Å². The highest BCUT2D eigenvalue weighted by Gasteiger charge is 2.30. The van der Waals surface area contributed by atoms with Crippen molar-refractivity contribution in [3.63, 3.8) is 0 Å². The highest BCUT2D eigenvalue weighted by atomic mass is 16.5. The molecule has 0 radical (unpaired) electrons. The number of amides is 2. The average molecular weight is 352 g/mol. The van der Waals surface area contributed by atoms with Crippen LogP contribution in [-0.2, 0) is 22.4 Å². The molecule has 1 saturated heterocycles. The first-order valence-electron chi connectivity index (χ1n) is 8.88. The van der Waals surface area contributed by atoms with E-state index in [1.165, 1.54) is 0 Å². The zero-order chi connectivity index (χ0) is 18.4. The molecule has 0 aliphatic carbocycles. The van der Waals surface area contributed by atoms with Gasteiger partial charge in [-0.3, -0.25) is 9.59 Å². The maximum absolute atomic E-state index is 12.2. The van der Waals surface area contributed by atoms with E-state index >= 15 is 0 Å². The number of nitrogens with one attached hydrogen (secondary N) is 1. The lowest BCUT2D eigenvalue weighted by Gasteiger charge is -2.17. The summed E-state index contributed by atoms with van der Waals surface area (Å²) in [7, 11) is 1.64. The van der Waals surface area contributed by atoms with Crippen LogP contribution in [0.25, 0.3) is 0 Å². The molecule has 1 fully saturated rings. The second-order valence-electron chi connectivity index (χ2n) is 6.57. The summed E-state index contributed by atoms with van der Waals surface area (Å²) < 4.78 is 5.15. The number of carbonyl (C=O) groups excluding carboxylic acids is 2. The number of benzene rings is 2. The Morgan fingerprint density at radius 1 is 1.12 bits per heavy atom. The van der Waals surface area contributed by atoms with Crippen molar-refractivity contribution in [2.75, 3.05) is 20.2 Å². The van der Waals surface area contributed by atoms with E-state index in [0.717, 1.165) is 23.3 Å². The molecule has 2 aromatic rings. The molecule has 1 aliphatic rings. The quantitative estimate of drug-likeness (QED) is 0.831. The molecule has 136 valence electrons. The Morgan fingerprint density at radius 3 is 2.54 bits per heavy atom. The maximum atomic E-state index is 12.2. The third-order valence-electron chi connectivity index (χ3n) is 4.62. The molecule has 0 unspecified atom stereocenters. The van der Waals surface area contributed by atoms with Crippen molar-refractivity contribution >= 4 is 11.8 Å². The van der Waals surface area contributed by atoms with Gasteiger partial charge < -0.3 is 15.0 Å². The summed E-state index contributed by atoms with van der Waals surface area (Å²) in [5, 5.41) is 2.98. The highest BCUT2D eigenvalue weighted by molar-refractivity contribution is 5.83. The van der Waals surface area contributed by atoms with E-state index in [-0.39, 0.29) is 17.9 Å². The zero-order valence-corrected chi connectivity index (χ0v) is 15.0. The number of ether oxygens (including phenoxy) is 1. The van der Waals surface area contributed by atoms with Crippen LogP contribution in [0.4, 0.5) is 0 Å². The molecule has 1 atom stereocenters. The monoisotopic (exact) mass is 352 g/mol. The molecule has 3 rings (SSSR count). The van der Waals surface area contributed by atoms with Gasteiger partial charge in [0.25, 0.3) is 0 Å². The third-order valence-corrected chi connectivity index (χ3v) is 4.62. The number of methoxy groups -OCH3 is 1. The minimum absolute atomic E-state index is 0.0361. The minimum atomic E-state index is -0.102. The maximum Gasteiger partial charge on any atom is 0.224 e. The average Bonchev–Trinajstić information content (AvgIpc) is 3.00. The number of rotatable bonds is 7. The molecular formula is C21H24N2O3. The SMILES string of the molecule is COc1ccc(CCN2C[C@H](NC(=O)Cc3ccccc3)CC2=O)cc1. The number of nitrogens with zero attached hydrogens (tertiary/aromatic N) is 1. The van der Waals surface area contributed by atoms with Crippen LogP contribution in [0.5, 0.6) is 5.75 Å². The standard InChI is InChI=1S/C21H24N2O3/c1-26-19-9-7-16(8-10-19)11-12-23-15-18(14-21(23)25)22-20(24)13-17-5-3-2-4-6-17/h2-10,18H,11-15H2,1H3,(H,22,24)/t18-/m1/s1. The van der Waals surface area contributed by atoms with Gasteiger partial charge in [0.05, 0.1) is 19.6 Å². The van der Waals surface area contributed by atoms with Gasteiger partial charge in [-0.15, -0.1) is 0 Å². The Bertz CT molecular complexity index is 744. The fourth-order valence-electron chi connectivity index (χ4n) is 3.20. The molecule has 0 aromatic heterocycles. The molecule has 2 amide bonds. The Labute approximate surface area is 154 Å². The third kappa shape index (κ3) is 4.85. The van der Waals surface area contributed by atoms with E-state index in [0.29, 0.717) is 25.9 Å². The van der Waals surface area contributed by atoms with Gasteiger partial charge >= 0.3 is 0 Å². The summed E-state index contributed by atoms with van der Waals surface area (Å²) in [4.78, 5) is 26.2. The van der Waals surface area contributed by atoms with E-state index < -0.39 is 0 Å². The van der Waals surface area contributed by atoms with Crippen molar-refractivity contribution in [2.24, 2.45) is 0 Å². The van der Waals surface area contributed by atoms with Crippen LogP contribution in [0.1, 0.15) is 17.5 Å². The zero-order valence-electron chi connectivity index (χ0n) is 15.0. The van der Waals surface area contributed by atoms with Gasteiger partial charge in [-0.1, -0.05) is 42.5 Å². The number of hydrogen-bond donors (Lipinski definition) is 1. The van der Waals surface area contributed by atoms with Crippen molar-refractivity contribution in [1.29, 1.82) is 0 Å². The Morgan fingerprint density at radius 2 is 1.85 bits per heavy atom. The van der Waals surface area contributed by atoms with Gasteiger partial charge in [0.2, 0.25) is 11.8 Å². The summed E-state index contributed by atoms with van der Waals surface area (Å²) in [5.41, 5.74) is 2.14. The van der Waals surface area contributed by atoms with Crippen LogP contribution >= 0.6 is 0 Å². The number of hydrogen-bond acceptors (Lipinski definition) is 3. The van der Waals surface area contributed by atoms with Gasteiger partial charge in [-0.25, -0.2) is 0 Å². The van der Waals surface area contributed by atoms with Gasteiger partial charge in [-0.05, 0) is 29.7 Å².